The molecule has 1 unspecified atom stereocenters. The number of hydrogen-bond acceptors (Lipinski definition) is 5. The summed E-state index contributed by atoms with van der Waals surface area (Å²) in [6.07, 6.45) is -0.711. The summed E-state index contributed by atoms with van der Waals surface area (Å²) >= 11 is 0. The van der Waals surface area contributed by atoms with Gasteiger partial charge >= 0.3 is 5.97 Å². The summed E-state index contributed by atoms with van der Waals surface area (Å²) in [5.41, 5.74) is 5.18. The third-order valence-electron chi connectivity index (χ3n) is 2.37. The fourth-order valence-corrected chi connectivity index (χ4v) is 1.65. The van der Waals surface area contributed by atoms with Crippen molar-refractivity contribution in [2.45, 2.75) is 18.6 Å². The third-order valence-corrected chi connectivity index (χ3v) is 2.37. The topological polar surface area (TPSA) is 113 Å². The molecule has 2 atom stereocenters. The van der Waals surface area contributed by atoms with Gasteiger partial charge in [0.15, 0.2) is 0 Å². The molecule has 1 heterocycles. The molecule has 0 bridgehead atoms. The van der Waals surface area contributed by atoms with E-state index in [0.29, 0.717) is 6.54 Å². The fraction of sp³-hybridized carbons (Fsp3) is 0.778. The standard InChI is InChI=1S/C9H16N2O5/c10-1-2-16-5-8(13)11-4-6(12)3-7(11)9(14)15/h6-7,12H,1-5,10H2,(H,14,15)/t6?,7-/m0/s1. The van der Waals surface area contributed by atoms with Crippen LogP contribution in [0.4, 0.5) is 0 Å². The number of carbonyl (C=O) groups is 2. The van der Waals surface area contributed by atoms with Crippen molar-refractivity contribution in [3.8, 4) is 0 Å². The molecule has 92 valence electrons. The molecule has 0 saturated carbocycles. The van der Waals surface area contributed by atoms with Crippen LogP contribution >= 0.6 is 0 Å². The average Bonchev–Trinajstić information content (AvgIpc) is 2.61. The lowest BCUT2D eigenvalue weighted by atomic mass is 10.2. The molecular weight excluding hydrogens is 216 g/mol. The normalized spacial score (nSPS) is 24.8. The van der Waals surface area contributed by atoms with Crippen LogP contribution in [-0.4, -0.2) is 65.4 Å². The largest absolute Gasteiger partial charge is 0.480 e. The number of ether oxygens (including phenoxy) is 1. The number of aliphatic hydroxyl groups is 1. The summed E-state index contributed by atoms with van der Waals surface area (Å²) in [5, 5.41) is 18.2. The Bertz CT molecular complexity index is 271. The lowest BCUT2D eigenvalue weighted by molar-refractivity contribution is -0.150. The smallest absolute Gasteiger partial charge is 0.326 e. The van der Waals surface area contributed by atoms with Crippen molar-refractivity contribution in [3.05, 3.63) is 0 Å². The van der Waals surface area contributed by atoms with Crippen LogP contribution in [0.1, 0.15) is 6.42 Å². The van der Waals surface area contributed by atoms with E-state index in [4.69, 9.17) is 15.6 Å². The predicted molar refractivity (Wildman–Crippen MR) is 53.6 cm³/mol. The fourth-order valence-electron chi connectivity index (χ4n) is 1.65. The molecule has 1 amide bonds. The lowest BCUT2D eigenvalue weighted by Gasteiger charge is -2.20. The molecule has 0 aromatic heterocycles. The van der Waals surface area contributed by atoms with Gasteiger partial charge in [-0.3, -0.25) is 4.79 Å². The number of nitrogens with two attached hydrogens (primary N) is 1. The van der Waals surface area contributed by atoms with Crippen LogP contribution in [0.5, 0.6) is 0 Å². The third kappa shape index (κ3) is 3.16. The summed E-state index contributed by atoms with van der Waals surface area (Å²) in [6, 6.07) is -0.955. The molecular formula is C9H16N2O5. The Morgan fingerprint density at radius 3 is 2.75 bits per heavy atom. The first-order valence-electron chi connectivity index (χ1n) is 5.04. The van der Waals surface area contributed by atoms with E-state index in [1.807, 2.05) is 0 Å². The van der Waals surface area contributed by atoms with Crippen LogP contribution < -0.4 is 5.73 Å². The number of amides is 1. The molecule has 7 nitrogen and oxygen atoms in total. The molecule has 1 rings (SSSR count). The Kier molecular flexibility index (Phi) is 4.66. The van der Waals surface area contributed by atoms with Gasteiger partial charge in [-0.15, -0.1) is 0 Å². The minimum atomic E-state index is -1.11. The second-order valence-electron chi connectivity index (χ2n) is 3.63. The van der Waals surface area contributed by atoms with Gasteiger partial charge in [-0.05, 0) is 0 Å². The Balaban J connectivity index is 2.50. The summed E-state index contributed by atoms with van der Waals surface area (Å²) in [5.74, 6) is -1.54. The molecule has 1 aliphatic heterocycles. The monoisotopic (exact) mass is 232 g/mol. The average molecular weight is 232 g/mol. The number of β-amino-alcohol motifs (C(OH)–C–C–N with tert-alkyl or cyclic N) is 1. The number of aliphatic carboxylic acids is 1. The van der Waals surface area contributed by atoms with Crippen LogP contribution in [0, 0.1) is 0 Å². The number of hydrogen-bond donors (Lipinski definition) is 3. The summed E-state index contributed by atoms with van der Waals surface area (Å²) in [6.45, 7) is 0.396. The zero-order valence-electron chi connectivity index (χ0n) is 8.83. The molecule has 4 N–H and O–H groups in total. The van der Waals surface area contributed by atoms with E-state index in [1.165, 1.54) is 0 Å². The Morgan fingerprint density at radius 2 is 2.19 bits per heavy atom. The predicted octanol–water partition coefficient (Wildman–Crippen LogP) is -1.99. The number of carbonyl (C=O) groups excluding carboxylic acids is 1. The second kappa shape index (κ2) is 5.78. The molecule has 0 aromatic carbocycles. The van der Waals surface area contributed by atoms with Gasteiger partial charge in [0.05, 0.1) is 12.7 Å². The number of aliphatic hydroxyl groups excluding tert-OH is 1. The van der Waals surface area contributed by atoms with Crippen molar-refractivity contribution in [1.82, 2.24) is 4.90 Å². The van der Waals surface area contributed by atoms with Crippen LogP contribution in [0.25, 0.3) is 0 Å². The number of likely N-dealkylation sites (tertiary alicyclic amines) is 1. The maximum atomic E-state index is 11.6. The van der Waals surface area contributed by atoms with Gasteiger partial charge in [0.1, 0.15) is 12.6 Å². The Hall–Kier alpha value is -1.18. The quantitative estimate of drug-likeness (QED) is 0.473. The first-order chi connectivity index (χ1) is 7.56. The molecule has 0 aliphatic carbocycles. The maximum Gasteiger partial charge on any atom is 0.326 e. The summed E-state index contributed by atoms with van der Waals surface area (Å²) in [7, 11) is 0. The van der Waals surface area contributed by atoms with Gasteiger partial charge in [0.2, 0.25) is 5.91 Å². The van der Waals surface area contributed by atoms with Gasteiger partial charge in [0.25, 0.3) is 0 Å². The molecule has 0 radical (unpaired) electrons. The highest BCUT2D eigenvalue weighted by atomic mass is 16.5. The number of rotatable bonds is 5. The Morgan fingerprint density at radius 1 is 1.50 bits per heavy atom. The zero-order chi connectivity index (χ0) is 12.1. The van der Waals surface area contributed by atoms with Crippen molar-refractivity contribution in [3.63, 3.8) is 0 Å². The van der Waals surface area contributed by atoms with Gasteiger partial charge < -0.3 is 25.6 Å². The van der Waals surface area contributed by atoms with E-state index < -0.39 is 24.0 Å². The number of nitrogens with zero attached hydrogens (tertiary/aromatic N) is 1. The van der Waals surface area contributed by atoms with Crippen LogP contribution in [0.3, 0.4) is 0 Å². The minimum absolute atomic E-state index is 0.0434. The minimum Gasteiger partial charge on any atom is -0.480 e. The van der Waals surface area contributed by atoms with E-state index in [2.05, 4.69) is 0 Å². The second-order valence-corrected chi connectivity index (χ2v) is 3.63. The molecule has 1 saturated heterocycles. The molecule has 0 aromatic rings. The number of carboxylic acids is 1. The highest BCUT2D eigenvalue weighted by Crippen LogP contribution is 2.18. The van der Waals surface area contributed by atoms with Crippen molar-refractivity contribution >= 4 is 11.9 Å². The Labute approximate surface area is 92.8 Å². The van der Waals surface area contributed by atoms with Crippen LogP contribution in [-0.2, 0) is 14.3 Å². The van der Waals surface area contributed by atoms with E-state index in [-0.39, 0.29) is 26.2 Å². The van der Waals surface area contributed by atoms with E-state index in [1.54, 1.807) is 0 Å². The summed E-state index contributed by atoms with van der Waals surface area (Å²) in [4.78, 5) is 23.5. The van der Waals surface area contributed by atoms with Crippen LogP contribution in [0.15, 0.2) is 0 Å². The van der Waals surface area contributed by atoms with Gasteiger partial charge in [-0.1, -0.05) is 0 Å². The first kappa shape index (κ1) is 12.9. The van der Waals surface area contributed by atoms with Crippen molar-refractivity contribution in [2.24, 2.45) is 5.73 Å². The maximum absolute atomic E-state index is 11.6. The first-order valence-corrected chi connectivity index (χ1v) is 5.04. The van der Waals surface area contributed by atoms with Crippen molar-refractivity contribution in [2.75, 3.05) is 26.3 Å². The molecule has 7 heteroatoms. The van der Waals surface area contributed by atoms with Gasteiger partial charge in [0, 0.05) is 19.5 Å². The van der Waals surface area contributed by atoms with Gasteiger partial charge in [-0.25, -0.2) is 4.79 Å². The zero-order valence-corrected chi connectivity index (χ0v) is 8.83. The highest BCUT2D eigenvalue weighted by molar-refractivity contribution is 5.85. The number of carboxylic acid groups (broad SMARTS) is 1. The van der Waals surface area contributed by atoms with E-state index >= 15 is 0 Å². The molecule has 0 spiro atoms. The highest BCUT2D eigenvalue weighted by Gasteiger charge is 2.38. The molecule has 16 heavy (non-hydrogen) atoms. The molecule has 1 aliphatic rings. The van der Waals surface area contributed by atoms with Crippen LogP contribution in [0.2, 0.25) is 0 Å². The van der Waals surface area contributed by atoms with Crippen molar-refractivity contribution in [1.29, 1.82) is 0 Å². The van der Waals surface area contributed by atoms with Gasteiger partial charge in [-0.2, -0.15) is 0 Å². The van der Waals surface area contributed by atoms with E-state index in [0.717, 1.165) is 4.90 Å². The van der Waals surface area contributed by atoms with Crippen molar-refractivity contribution < 1.29 is 24.5 Å². The SMILES string of the molecule is NCCOCC(=O)N1CC(O)C[C@H]1C(=O)O. The van der Waals surface area contributed by atoms with E-state index in [9.17, 15) is 14.7 Å². The molecule has 1 fully saturated rings. The summed E-state index contributed by atoms with van der Waals surface area (Å²) < 4.78 is 4.93. The lowest BCUT2D eigenvalue weighted by Crippen LogP contribution is -2.42.